The van der Waals surface area contributed by atoms with E-state index in [4.69, 9.17) is 9.72 Å². The van der Waals surface area contributed by atoms with E-state index >= 15 is 0 Å². The summed E-state index contributed by atoms with van der Waals surface area (Å²) in [5.74, 6) is 1.79. The monoisotopic (exact) mass is 540 g/mol. The Morgan fingerprint density at radius 2 is 1.77 bits per heavy atom. The van der Waals surface area contributed by atoms with Crippen LogP contribution in [-0.2, 0) is 30.8 Å². The number of aromatic amines is 1. The van der Waals surface area contributed by atoms with Crippen LogP contribution in [-0.4, -0.2) is 53.0 Å². The normalized spacial score (nSPS) is 13.3. The Morgan fingerprint density at radius 3 is 2.45 bits per heavy atom. The molecular weight excluding hydrogens is 508 g/mol. The van der Waals surface area contributed by atoms with Crippen molar-refractivity contribution in [3.63, 3.8) is 0 Å². The first-order valence-corrected chi connectivity index (χ1v) is 13.7. The molecule has 0 amide bonds. The first-order chi connectivity index (χ1) is 19.6. The van der Waals surface area contributed by atoms with Crippen LogP contribution in [0.5, 0.6) is 0 Å². The molecule has 3 aromatic heterocycles. The van der Waals surface area contributed by atoms with Crippen molar-refractivity contribution >= 4 is 11.2 Å². The van der Waals surface area contributed by atoms with E-state index in [0.29, 0.717) is 55.6 Å². The predicted octanol–water partition coefficient (Wildman–Crippen LogP) is 3.26. The van der Waals surface area contributed by atoms with Gasteiger partial charge in [-0.25, -0.2) is 14.9 Å². The van der Waals surface area contributed by atoms with Gasteiger partial charge >= 0.3 is 5.69 Å². The van der Waals surface area contributed by atoms with Crippen molar-refractivity contribution in [2.24, 2.45) is 5.92 Å². The van der Waals surface area contributed by atoms with E-state index in [1.165, 1.54) is 4.57 Å². The van der Waals surface area contributed by atoms with Gasteiger partial charge in [0.15, 0.2) is 17.0 Å². The van der Waals surface area contributed by atoms with Crippen molar-refractivity contribution in [2.75, 3.05) is 13.7 Å². The Hall–Kier alpha value is -4.38. The van der Waals surface area contributed by atoms with E-state index in [1.54, 1.807) is 11.7 Å². The lowest BCUT2D eigenvalue weighted by molar-refractivity contribution is 0.186. The van der Waals surface area contributed by atoms with Gasteiger partial charge in [-0.2, -0.15) is 0 Å². The number of aryl methyl sites for hydroxylation is 1. The number of fused-ring (bicyclic) bond motifs is 1. The largest absolute Gasteiger partial charge is 0.383 e. The van der Waals surface area contributed by atoms with Crippen LogP contribution in [0.1, 0.15) is 37.6 Å². The van der Waals surface area contributed by atoms with Crippen molar-refractivity contribution in [2.45, 2.75) is 52.2 Å². The van der Waals surface area contributed by atoms with E-state index in [-0.39, 0.29) is 11.2 Å². The minimum atomic E-state index is -0.306. The fraction of sp³-hybridized carbons (Fsp3) is 0.379. The van der Waals surface area contributed by atoms with Gasteiger partial charge in [-0.1, -0.05) is 55.5 Å². The van der Waals surface area contributed by atoms with Gasteiger partial charge in [-0.3, -0.25) is 13.9 Å². The molecule has 1 saturated carbocycles. The zero-order valence-electron chi connectivity index (χ0n) is 22.7. The fourth-order valence-electron chi connectivity index (χ4n) is 5.21. The van der Waals surface area contributed by atoms with Crippen LogP contribution in [0.15, 0.2) is 58.1 Å². The Balaban J connectivity index is 1.42. The van der Waals surface area contributed by atoms with Gasteiger partial charge in [0.1, 0.15) is 5.82 Å². The quantitative estimate of drug-likeness (QED) is 0.273. The number of methoxy groups -OCH3 is 1. The van der Waals surface area contributed by atoms with E-state index in [1.807, 2.05) is 28.8 Å². The third kappa shape index (κ3) is 4.88. The van der Waals surface area contributed by atoms with Crippen LogP contribution in [0.25, 0.3) is 33.7 Å². The van der Waals surface area contributed by atoms with E-state index in [2.05, 4.69) is 51.8 Å². The summed E-state index contributed by atoms with van der Waals surface area (Å²) in [5.41, 5.74) is 4.33. The van der Waals surface area contributed by atoms with Crippen LogP contribution in [0.2, 0.25) is 0 Å². The third-order valence-electron chi connectivity index (χ3n) is 7.46. The molecule has 3 heterocycles. The lowest BCUT2D eigenvalue weighted by Crippen LogP contribution is -2.41. The summed E-state index contributed by atoms with van der Waals surface area (Å²) in [6.07, 6.45) is 3.66. The maximum absolute atomic E-state index is 13.8. The molecule has 40 heavy (non-hydrogen) atoms. The van der Waals surface area contributed by atoms with Gasteiger partial charge in [0.25, 0.3) is 5.56 Å². The first kappa shape index (κ1) is 25.9. The highest BCUT2D eigenvalue weighted by molar-refractivity contribution is 5.80. The lowest BCUT2D eigenvalue weighted by Gasteiger charge is -2.13. The molecule has 1 N–H and O–H groups in total. The van der Waals surface area contributed by atoms with E-state index in [9.17, 15) is 9.59 Å². The van der Waals surface area contributed by atoms with Gasteiger partial charge in [0.2, 0.25) is 0 Å². The molecule has 11 nitrogen and oxygen atoms in total. The van der Waals surface area contributed by atoms with Crippen LogP contribution in [0.4, 0.5) is 0 Å². The van der Waals surface area contributed by atoms with Gasteiger partial charge in [-0.05, 0) is 52.3 Å². The number of benzene rings is 2. The molecular formula is C29H32N8O3. The van der Waals surface area contributed by atoms with Gasteiger partial charge in [0, 0.05) is 32.2 Å². The summed E-state index contributed by atoms with van der Waals surface area (Å²) in [6.45, 7) is 3.71. The standard InChI is InChI=1S/C29H32N8O3/c1-3-6-24-30-27-25(28(38)37(18-19-9-10-19)29(39)35(27)15-16-40-2)36(24)17-20-11-13-21(14-12-20)22-7-4-5-8-23(22)26-31-33-34-32-26/h4-5,7-8,11-14,19H,3,6,9-10,15-18H2,1-2H3,(H,31,32,33,34). The fourth-order valence-corrected chi connectivity index (χ4v) is 5.21. The molecule has 11 heteroatoms. The molecule has 6 rings (SSSR count). The minimum Gasteiger partial charge on any atom is -0.383 e. The summed E-state index contributed by atoms with van der Waals surface area (Å²) >= 11 is 0. The Morgan fingerprint density at radius 1 is 1.00 bits per heavy atom. The topological polar surface area (TPSA) is 126 Å². The van der Waals surface area contributed by atoms with E-state index in [0.717, 1.165) is 47.3 Å². The van der Waals surface area contributed by atoms with Crippen LogP contribution < -0.4 is 11.2 Å². The Labute approximate surface area is 230 Å². The molecule has 206 valence electrons. The smallest absolute Gasteiger partial charge is 0.332 e. The van der Waals surface area contributed by atoms with Gasteiger partial charge < -0.3 is 9.30 Å². The second-order valence-corrected chi connectivity index (χ2v) is 10.3. The van der Waals surface area contributed by atoms with Crippen molar-refractivity contribution in [3.8, 4) is 22.5 Å². The highest BCUT2D eigenvalue weighted by atomic mass is 16.5. The molecule has 1 aliphatic rings. The SMILES string of the molecule is CCCc1nc2c(c(=O)n(CC3CC3)c(=O)n2CCOC)n1Cc1ccc(-c2ccccc2-c2nnn[nH]2)cc1. The number of nitrogens with zero attached hydrogens (tertiary/aromatic N) is 7. The average Bonchev–Trinajstić information content (AvgIpc) is 3.49. The summed E-state index contributed by atoms with van der Waals surface area (Å²) in [4.78, 5) is 32.0. The molecule has 1 aliphatic carbocycles. The number of imidazole rings is 1. The number of ether oxygens (including phenoxy) is 1. The minimum absolute atomic E-state index is 0.262. The summed E-state index contributed by atoms with van der Waals surface area (Å²) in [7, 11) is 1.61. The zero-order valence-corrected chi connectivity index (χ0v) is 22.7. The number of hydrogen-bond donors (Lipinski definition) is 1. The molecule has 2 aromatic carbocycles. The number of tetrazole rings is 1. The van der Waals surface area contributed by atoms with Crippen molar-refractivity contribution < 1.29 is 4.74 Å². The van der Waals surface area contributed by atoms with E-state index < -0.39 is 0 Å². The summed E-state index contributed by atoms with van der Waals surface area (Å²) < 4.78 is 10.3. The van der Waals surface area contributed by atoms with Gasteiger partial charge in [-0.15, -0.1) is 5.10 Å². The van der Waals surface area contributed by atoms with Crippen molar-refractivity contribution in [1.29, 1.82) is 0 Å². The molecule has 0 spiro atoms. The number of H-pyrrole nitrogens is 1. The molecule has 0 aliphatic heterocycles. The molecule has 0 bridgehead atoms. The maximum Gasteiger partial charge on any atom is 0.332 e. The molecule has 0 radical (unpaired) electrons. The molecule has 1 fully saturated rings. The summed E-state index contributed by atoms with van der Waals surface area (Å²) in [6, 6.07) is 16.2. The second-order valence-electron chi connectivity index (χ2n) is 10.3. The van der Waals surface area contributed by atoms with Crippen LogP contribution in [0.3, 0.4) is 0 Å². The Bertz CT molecular complexity index is 1750. The first-order valence-electron chi connectivity index (χ1n) is 13.7. The molecule has 0 saturated heterocycles. The lowest BCUT2D eigenvalue weighted by atomic mass is 9.98. The van der Waals surface area contributed by atoms with Crippen molar-refractivity contribution in [3.05, 3.63) is 80.8 Å². The number of aromatic nitrogens is 8. The zero-order chi connectivity index (χ0) is 27.6. The highest BCUT2D eigenvalue weighted by Crippen LogP contribution is 2.31. The number of rotatable bonds is 11. The third-order valence-corrected chi connectivity index (χ3v) is 7.46. The Kier molecular flexibility index (Phi) is 7.12. The van der Waals surface area contributed by atoms with Gasteiger partial charge in [0.05, 0.1) is 13.2 Å². The average molecular weight is 541 g/mol. The number of nitrogens with one attached hydrogen (secondary N) is 1. The van der Waals surface area contributed by atoms with Crippen molar-refractivity contribution in [1.82, 2.24) is 39.3 Å². The molecule has 0 unspecified atom stereocenters. The molecule has 0 atom stereocenters. The van der Waals surface area contributed by atoms with Crippen LogP contribution >= 0.6 is 0 Å². The maximum atomic E-state index is 13.8. The predicted molar refractivity (Wildman–Crippen MR) is 151 cm³/mol. The second kappa shape index (κ2) is 11.0. The summed E-state index contributed by atoms with van der Waals surface area (Å²) in [5, 5.41) is 14.3. The molecule has 5 aromatic rings. The highest BCUT2D eigenvalue weighted by Gasteiger charge is 2.27. The number of hydrogen-bond acceptors (Lipinski definition) is 7. The van der Waals surface area contributed by atoms with Crippen LogP contribution in [0, 0.1) is 5.92 Å².